The molecule has 4 heterocycles. The minimum absolute atomic E-state index is 0.0942. The van der Waals surface area contributed by atoms with E-state index in [2.05, 4.69) is 51.9 Å². The fourth-order valence-corrected chi connectivity index (χ4v) is 4.47. The van der Waals surface area contributed by atoms with E-state index in [0.717, 1.165) is 53.0 Å². The molecule has 0 spiro atoms. The first kappa shape index (κ1) is 23.6. The fraction of sp³-hybridized carbons (Fsp3) is 0.333. The van der Waals surface area contributed by atoms with Crippen molar-refractivity contribution < 1.29 is 4.74 Å². The quantitative estimate of drug-likeness (QED) is 0.555. The molecule has 0 amide bonds. The molecule has 0 saturated carbocycles. The van der Waals surface area contributed by atoms with Gasteiger partial charge in [-0.05, 0) is 56.0 Å². The van der Waals surface area contributed by atoms with E-state index in [-0.39, 0.29) is 11.6 Å². The van der Waals surface area contributed by atoms with Gasteiger partial charge in [0, 0.05) is 73.1 Å². The Balaban J connectivity index is 1.66. The highest BCUT2D eigenvalue weighted by molar-refractivity contribution is 5.67. The highest BCUT2D eigenvalue weighted by Crippen LogP contribution is 2.30. The summed E-state index contributed by atoms with van der Waals surface area (Å²) in [7, 11) is 1.63. The van der Waals surface area contributed by atoms with Crippen LogP contribution in [0.4, 0.5) is 0 Å². The lowest BCUT2D eigenvalue weighted by atomic mass is 9.95. The molecule has 0 aliphatic carbocycles. The Morgan fingerprint density at radius 2 is 2.03 bits per heavy atom. The van der Waals surface area contributed by atoms with E-state index in [1.165, 1.54) is 11.6 Å². The maximum Gasteiger partial charge on any atom is 0.251 e. The Morgan fingerprint density at radius 1 is 1.21 bits per heavy atom. The number of nitrogens with zero attached hydrogens (tertiary/aromatic N) is 4. The highest BCUT2D eigenvalue weighted by atomic mass is 16.5. The van der Waals surface area contributed by atoms with Crippen molar-refractivity contribution in [3.63, 3.8) is 0 Å². The summed E-state index contributed by atoms with van der Waals surface area (Å²) in [5.74, 6) is 1.22. The molecule has 0 radical (unpaired) electrons. The van der Waals surface area contributed by atoms with Gasteiger partial charge in [0.05, 0.1) is 7.11 Å². The third-order valence-electron chi connectivity index (χ3n) is 6.50. The number of nitrogens with one attached hydrogen (secondary N) is 1. The van der Waals surface area contributed by atoms with E-state index in [0.29, 0.717) is 11.7 Å². The number of methoxy groups -OCH3 is 1. The van der Waals surface area contributed by atoms with Crippen LogP contribution in [0.3, 0.4) is 0 Å². The molecule has 0 aromatic carbocycles. The van der Waals surface area contributed by atoms with Gasteiger partial charge in [-0.25, -0.2) is 9.97 Å². The molecule has 7 heteroatoms. The monoisotopic (exact) mass is 457 g/mol. The first-order valence-electron chi connectivity index (χ1n) is 11.5. The molecule has 1 aliphatic heterocycles. The number of allylic oxidation sites excluding steroid dienone is 2. The minimum Gasteiger partial charge on any atom is -0.481 e. The van der Waals surface area contributed by atoms with Crippen molar-refractivity contribution in [2.24, 2.45) is 0 Å². The number of ether oxygens (including phenoxy) is 1. The van der Waals surface area contributed by atoms with Crippen molar-refractivity contribution in [2.45, 2.75) is 46.7 Å². The molecule has 176 valence electrons. The van der Waals surface area contributed by atoms with Crippen molar-refractivity contribution >= 4 is 5.57 Å². The summed E-state index contributed by atoms with van der Waals surface area (Å²) in [5, 5.41) is 0. The van der Waals surface area contributed by atoms with Gasteiger partial charge in [-0.2, -0.15) is 0 Å². The highest BCUT2D eigenvalue weighted by Gasteiger charge is 2.25. The zero-order valence-electron chi connectivity index (χ0n) is 20.4. The predicted octanol–water partition coefficient (Wildman–Crippen LogP) is 4.34. The average molecular weight is 458 g/mol. The van der Waals surface area contributed by atoms with Gasteiger partial charge in [-0.15, -0.1) is 0 Å². The van der Waals surface area contributed by atoms with Crippen LogP contribution in [0.1, 0.15) is 43.4 Å². The third kappa shape index (κ3) is 4.84. The molecular weight excluding hydrogens is 426 g/mol. The molecule has 3 aromatic heterocycles. The number of rotatable bonds is 6. The summed E-state index contributed by atoms with van der Waals surface area (Å²) >= 11 is 0. The van der Waals surface area contributed by atoms with Crippen LogP contribution in [0.15, 0.2) is 59.3 Å². The van der Waals surface area contributed by atoms with Crippen molar-refractivity contribution in [3.05, 3.63) is 87.5 Å². The minimum atomic E-state index is -0.145. The van der Waals surface area contributed by atoms with E-state index < -0.39 is 0 Å². The number of pyridine rings is 2. The Hall–Kier alpha value is -3.58. The number of aromatic nitrogens is 4. The maximum atomic E-state index is 11.8. The van der Waals surface area contributed by atoms with Crippen molar-refractivity contribution in [1.29, 1.82) is 0 Å². The molecule has 4 rings (SSSR count). The van der Waals surface area contributed by atoms with Gasteiger partial charge < -0.3 is 9.72 Å². The smallest absolute Gasteiger partial charge is 0.251 e. The lowest BCUT2D eigenvalue weighted by Crippen LogP contribution is -2.39. The van der Waals surface area contributed by atoms with E-state index in [4.69, 9.17) is 9.72 Å². The van der Waals surface area contributed by atoms with E-state index in [1.807, 2.05) is 32.3 Å². The van der Waals surface area contributed by atoms with E-state index in [1.54, 1.807) is 13.3 Å². The van der Waals surface area contributed by atoms with Crippen LogP contribution in [0, 0.1) is 6.92 Å². The zero-order chi connectivity index (χ0) is 24.2. The normalized spacial score (nSPS) is 15.7. The molecule has 0 saturated heterocycles. The topological polar surface area (TPSA) is 84.0 Å². The number of aromatic amines is 1. The molecule has 0 fully saturated rings. The Labute approximate surface area is 200 Å². The van der Waals surface area contributed by atoms with Crippen LogP contribution in [0.25, 0.3) is 16.7 Å². The molecule has 7 nitrogen and oxygen atoms in total. The first-order valence-corrected chi connectivity index (χ1v) is 11.5. The molecule has 34 heavy (non-hydrogen) atoms. The summed E-state index contributed by atoms with van der Waals surface area (Å²) in [6.07, 6.45) is 10.5. The van der Waals surface area contributed by atoms with Crippen LogP contribution in [-0.4, -0.2) is 44.5 Å². The summed E-state index contributed by atoms with van der Waals surface area (Å²) < 4.78 is 5.25. The van der Waals surface area contributed by atoms with E-state index >= 15 is 0 Å². The second-order valence-corrected chi connectivity index (χ2v) is 8.65. The van der Waals surface area contributed by atoms with Crippen LogP contribution in [-0.2, 0) is 13.0 Å². The standard InChI is InChI=1S/C27H31N5O2/c1-6-7-24(18(3)19(4)27-28-10-8-25(33)31-27)32-11-9-23-21(16-32)13-20(14-29-23)22-15-30-26(34-5)12-17(22)2/h6-8,10,12-15,24H,9,11,16H2,1-5H3,(H,28,31,33)/b7-6-,19-18-. The third-order valence-corrected chi connectivity index (χ3v) is 6.50. The second kappa shape index (κ2) is 10.1. The average Bonchev–Trinajstić information content (AvgIpc) is 2.85. The summed E-state index contributed by atoms with van der Waals surface area (Å²) in [6.45, 7) is 9.92. The Morgan fingerprint density at radius 3 is 2.74 bits per heavy atom. The Bertz CT molecular complexity index is 1310. The molecule has 1 N–H and O–H groups in total. The number of fused-ring (bicyclic) bond motifs is 1. The van der Waals surface area contributed by atoms with Crippen LogP contribution < -0.4 is 10.3 Å². The number of H-pyrrole nitrogens is 1. The second-order valence-electron chi connectivity index (χ2n) is 8.65. The Kier molecular flexibility index (Phi) is 7.03. The number of aryl methyl sites for hydroxylation is 1. The molecule has 1 atom stereocenters. The summed E-state index contributed by atoms with van der Waals surface area (Å²) in [5.41, 5.74) is 7.60. The van der Waals surface area contributed by atoms with Gasteiger partial charge in [0.15, 0.2) is 0 Å². The number of hydrogen-bond donors (Lipinski definition) is 1. The fourth-order valence-electron chi connectivity index (χ4n) is 4.47. The first-order chi connectivity index (χ1) is 16.4. The van der Waals surface area contributed by atoms with Crippen molar-refractivity contribution in [2.75, 3.05) is 13.7 Å². The van der Waals surface area contributed by atoms with Gasteiger partial charge in [-0.1, -0.05) is 12.2 Å². The SMILES string of the molecule is C/C=C\C(/C(C)=C(/C)c1nccc(=O)[nH]1)N1CCc2ncc(-c3cnc(OC)cc3C)cc2C1. The lowest BCUT2D eigenvalue weighted by molar-refractivity contribution is 0.230. The molecule has 1 unspecified atom stereocenters. The molecular formula is C27H31N5O2. The predicted molar refractivity (Wildman–Crippen MR) is 135 cm³/mol. The van der Waals surface area contributed by atoms with Gasteiger partial charge in [0.2, 0.25) is 5.88 Å². The zero-order valence-corrected chi connectivity index (χ0v) is 20.4. The van der Waals surface area contributed by atoms with Gasteiger partial charge in [0.1, 0.15) is 5.82 Å². The molecule has 3 aromatic rings. The van der Waals surface area contributed by atoms with Crippen molar-refractivity contribution in [1.82, 2.24) is 24.8 Å². The summed E-state index contributed by atoms with van der Waals surface area (Å²) in [6, 6.07) is 5.71. The van der Waals surface area contributed by atoms with Gasteiger partial charge >= 0.3 is 0 Å². The van der Waals surface area contributed by atoms with E-state index in [9.17, 15) is 4.79 Å². The molecule has 0 bridgehead atoms. The van der Waals surface area contributed by atoms with Crippen LogP contribution >= 0.6 is 0 Å². The van der Waals surface area contributed by atoms with Crippen LogP contribution in [0.5, 0.6) is 5.88 Å². The largest absolute Gasteiger partial charge is 0.481 e. The number of hydrogen-bond acceptors (Lipinski definition) is 6. The molecule has 1 aliphatic rings. The maximum absolute atomic E-state index is 11.8. The van der Waals surface area contributed by atoms with Gasteiger partial charge in [0.25, 0.3) is 5.56 Å². The van der Waals surface area contributed by atoms with Crippen LogP contribution in [0.2, 0.25) is 0 Å². The summed E-state index contributed by atoms with van der Waals surface area (Å²) in [4.78, 5) is 30.6. The lowest BCUT2D eigenvalue weighted by Gasteiger charge is -2.35. The van der Waals surface area contributed by atoms with Gasteiger partial charge in [-0.3, -0.25) is 14.7 Å². The van der Waals surface area contributed by atoms with Crippen molar-refractivity contribution in [3.8, 4) is 17.0 Å².